The molecule has 4 nitrogen and oxygen atoms in total. The van der Waals surface area contributed by atoms with Gasteiger partial charge < -0.3 is 15.8 Å². The summed E-state index contributed by atoms with van der Waals surface area (Å²) < 4.78 is 18.6. The first-order valence-electron chi connectivity index (χ1n) is 7.39. The monoisotopic (exact) mass is 330 g/mol. The normalized spacial score (nSPS) is 21.8. The summed E-state index contributed by atoms with van der Waals surface area (Å²) in [6.45, 7) is 1.84. The van der Waals surface area contributed by atoms with Gasteiger partial charge in [-0.15, -0.1) is 12.4 Å². The molecule has 124 valence electrons. The fourth-order valence-electron chi connectivity index (χ4n) is 2.89. The molecule has 1 unspecified atom stereocenters. The molecule has 1 aromatic carbocycles. The number of nitrogens with one attached hydrogen (secondary N) is 1. The van der Waals surface area contributed by atoms with Crippen molar-refractivity contribution in [3.63, 3.8) is 0 Å². The van der Waals surface area contributed by atoms with Crippen molar-refractivity contribution in [1.29, 1.82) is 0 Å². The van der Waals surface area contributed by atoms with Crippen molar-refractivity contribution in [3.8, 4) is 5.75 Å². The average molecular weight is 331 g/mol. The minimum Gasteiger partial charge on any atom is -0.494 e. The van der Waals surface area contributed by atoms with Crippen LogP contribution in [-0.2, 0) is 4.79 Å². The summed E-state index contributed by atoms with van der Waals surface area (Å²) in [5, 5.41) is 2.91. The highest BCUT2D eigenvalue weighted by Crippen LogP contribution is 2.27. The molecule has 0 aromatic heterocycles. The van der Waals surface area contributed by atoms with Gasteiger partial charge in [0, 0.05) is 12.5 Å². The van der Waals surface area contributed by atoms with E-state index >= 15 is 0 Å². The molecular weight excluding hydrogens is 307 g/mol. The van der Waals surface area contributed by atoms with E-state index in [-0.39, 0.29) is 42.1 Å². The van der Waals surface area contributed by atoms with E-state index in [0.717, 1.165) is 24.8 Å². The molecule has 2 rings (SSSR count). The van der Waals surface area contributed by atoms with Gasteiger partial charge in [0.2, 0.25) is 5.91 Å². The number of halogens is 2. The molecule has 3 N–H and O–H groups in total. The van der Waals surface area contributed by atoms with E-state index in [1.165, 1.54) is 13.2 Å². The van der Waals surface area contributed by atoms with Gasteiger partial charge in [-0.05, 0) is 43.4 Å². The summed E-state index contributed by atoms with van der Waals surface area (Å²) in [4.78, 5) is 12.1. The lowest BCUT2D eigenvalue weighted by Crippen LogP contribution is -2.32. The highest BCUT2D eigenvalue weighted by Gasteiger charge is 2.26. The van der Waals surface area contributed by atoms with E-state index in [9.17, 15) is 9.18 Å². The van der Waals surface area contributed by atoms with Crippen molar-refractivity contribution < 1.29 is 13.9 Å². The first-order chi connectivity index (χ1) is 10.0. The molecule has 6 heteroatoms. The number of carbonyl (C=O) groups excluding carboxylic acids is 1. The fourth-order valence-corrected chi connectivity index (χ4v) is 2.89. The first-order valence-corrected chi connectivity index (χ1v) is 7.39. The number of hydrogen-bond donors (Lipinski definition) is 2. The third-order valence-corrected chi connectivity index (χ3v) is 4.22. The van der Waals surface area contributed by atoms with E-state index in [1.807, 2.05) is 6.92 Å². The third-order valence-electron chi connectivity index (χ3n) is 4.22. The van der Waals surface area contributed by atoms with Crippen molar-refractivity contribution in [2.24, 2.45) is 11.7 Å². The maximum atomic E-state index is 13.7. The van der Waals surface area contributed by atoms with E-state index < -0.39 is 5.82 Å². The van der Waals surface area contributed by atoms with Gasteiger partial charge in [0.1, 0.15) is 0 Å². The maximum absolute atomic E-state index is 13.7. The summed E-state index contributed by atoms with van der Waals surface area (Å²) in [5.41, 5.74) is 6.70. The van der Waals surface area contributed by atoms with Crippen molar-refractivity contribution in [3.05, 3.63) is 29.6 Å². The van der Waals surface area contributed by atoms with Gasteiger partial charge >= 0.3 is 0 Å². The fraction of sp³-hybridized carbons (Fsp3) is 0.562. The van der Waals surface area contributed by atoms with Gasteiger partial charge in [-0.2, -0.15) is 0 Å². The predicted molar refractivity (Wildman–Crippen MR) is 86.7 cm³/mol. The lowest BCUT2D eigenvalue weighted by Gasteiger charge is -2.18. The third kappa shape index (κ3) is 4.58. The quantitative estimate of drug-likeness (QED) is 0.872. The standard InChI is InChI=1S/C16H23FN2O2.ClH/c1-10(11-6-7-15(21-2)13(17)8-11)19-16(20)9-12-4-3-5-14(12)18;/h6-8,10,12,14H,3-5,9,18H2,1-2H3,(H,19,20);1H/t10?,12-,14+;/m0./s1. The van der Waals surface area contributed by atoms with Crippen LogP contribution in [-0.4, -0.2) is 19.1 Å². The van der Waals surface area contributed by atoms with Crippen LogP contribution in [0.25, 0.3) is 0 Å². The van der Waals surface area contributed by atoms with E-state index in [2.05, 4.69) is 5.32 Å². The minimum absolute atomic E-state index is 0. The van der Waals surface area contributed by atoms with Crippen molar-refractivity contribution in [2.75, 3.05) is 7.11 Å². The molecule has 22 heavy (non-hydrogen) atoms. The van der Waals surface area contributed by atoms with Gasteiger partial charge in [-0.1, -0.05) is 12.5 Å². The zero-order chi connectivity index (χ0) is 15.4. The van der Waals surface area contributed by atoms with Gasteiger partial charge in [0.15, 0.2) is 11.6 Å². The molecule has 1 aliphatic carbocycles. The second kappa shape index (κ2) is 8.34. The SMILES string of the molecule is COc1ccc(C(C)NC(=O)C[C@@H]2CCC[C@H]2N)cc1F.Cl. The van der Waals surface area contributed by atoms with Crippen LogP contribution in [0.2, 0.25) is 0 Å². The second-order valence-electron chi connectivity index (χ2n) is 5.74. The predicted octanol–water partition coefficient (Wildman–Crippen LogP) is 2.95. The van der Waals surface area contributed by atoms with Gasteiger partial charge in [-0.25, -0.2) is 4.39 Å². The van der Waals surface area contributed by atoms with Crippen LogP contribution in [0.4, 0.5) is 4.39 Å². The molecular formula is C16H24ClFN2O2. The Kier molecular flexibility index (Phi) is 7.10. The second-order valence-corrected chi connectivity index (χ2v) is 5.74. The van der Waals surface area contributed by atoms with Crippen molar-refractivity contribution in [2.45, 2.75) is 44.7 Å². The van der Waals surface area contributed by atoms with E-state index in [0.29, 0.717) is 6.42 Å². The Morgan fingerprint density at radius 1 is 1.50 bits per heavy atom. The molecule has 0 bridgehead atoms. The highest BCUT2D eigenvalue weighted by atomic mass is 35.5. The topological polar surface area (TPSA) is 64.3 Å². The van der Waals surface area contributed by atoms with Crippen LogP contribution in [0, 0.1) is 11.7 Å². The van der Waals surface area contributed by atoms with Crippen LogP contribution in [0.15, 0.2) is 18.2 Å². The summed E-state index contributed by atoms with van der Waals surface area (Å²) in [6.07, 6.45) is 3.56. The zero-order valence-corrected chi connectivity index (χ0v) is 13.8. The number of carbonyl (C=O) groups is 1. The van der Waals surface area contributed by atoms with Crippen LogP contribution in [0.5, 0.6) is 5.75 Å². The lowest BCUT2D eigenvalue weighted by molar-refractivity contribution is -0.122. The molecule has 0 spiro atoms. The molecule has 1 aromatic rings. The Morgan fingerprint density at radius 2 is 2.23 bits per heavy atom. The summed E-state index contributed by atoms with van der Waals surface area (Å²) in [5.74, 6) is 0.0222. The maximum Gasteiger partial charge on any atom is 0.220 e. The van der Waals surface area contributed by atoms with Crippen molar-refractivity contribution >= 4 is 18.3 Å². The number of nitrogens with two attached hydrogens (primary N) is 1. The highest BCUT2D eigenvalue weighted by molar-refractivity contribution is 5.85. The first kappa shape index (κ1) is 18.7. The Hall–Kier alpha value is -1.33. The number of ether oxygens (including phenoxy) is 1. The molecule has 3 atom stereocenters. The van der Waals surface area contributed by atoms with Crippen molar-refractivity contribution in [1.82, 2.24) is 5.32 Å². The Bertz CT molecular complexity index is 513. The molecule has 0 heterocycles. The summed E-state index contributed by atoms with van der Waals surface area (Å²) in [7, 11) is 1.42. The van der Waals surface area contributed by atoms with Gasteiger partial charge in [-0.3, -0.25) is 4.79 Å². The van der Waals surface area contributed by atoms with Crippen LogP contribution in [0.3, 0.4) is 0 Å². The van der Waals surface area contributed by atoms with Crippen LogP contribution in [0.1, 0.15) is 44.2 Å². The lowest BCUT2D eigenvalue weighted by atomic mass is 9.99. The average Bonchev–Trinajstić information content (AvgIpc) is 2.84. The number of benzene rings is 1. The minimum atomic E-state index is -0.422. The molecule has 0 aliphatic heterocycles. The Labute approximate surface area is 137 Å². The van der Waals surface area contributed by atoms with Crippen LogP contribution < -0.4 is 15.8 Å². The van der Waals surface area contributed by atoms with E-state index in [4.69, 9.17) is 10.5 Å². The molecule has 0 radical (unpaired) electrons. The zero-order valence-electron chi connectivity index (χ0n) is 13.0. The summed E-state index contributed by atoms with van der Waals surface area (Å²) in [6, 6.07) is 4.61. The number of hydrogen-bond acceptors (Lipinski definition) is 3. The summed E-state index contributed by atoms with van der Waals surface area (Å²) >= 11 is 0. The number of methoxy groups -OCH3 is 1. The molecule has 1 amide bonds. The van der Waals surface area contributed by atoms with Gasteiger partial charge in [0.25, 0.3) is 0 Å². The molecule has 1 aliphatic rings. The Balaban J connectivity index is 0.00000242. The van der Waals surface area contributed by atoms with Crippen LogP contribution >= 0.6 is 12.4 Å². The van der Waals surface area contributed by atoms with E-state index in [1.54, 1.807) is 12.1 Å². The molecule has 1 saturated carbocycles. The van der Waals surface area contributed by atoms with Gasteiger partial charge in [0.05, 0.1) is 13.2 Å². The number of amides is 1. The molecule has 1 fully saturated rings. The molecule has 0 saturated heterocycles. The largest absolute Gasteiger partial charge is 0.494 e. The smallest absolute Gasteiger partial charge is 0.220 e. The number of rotatable bonds is 5. The Morgan fingerprint density at radius 3 is 2.77 bits per heavy atom.